The second-order valence-electron chi connectivity index (χ2n) is 5.66. The molecule has 1 saturated carbocycles. The summed E-state index contributed by atoms with van der Waals surface area (Å²) >= 11 is 0. The Morgan fingerprint density at radius 3 is 2.63 bits per heavy atom. The zero-order valence-corrected chi connectivity index (χ0v) is 12.2. The number of nitrogens with zero attached hydrogens (tertiary/aromatic N) is 1. The summed E-state index contributed by atoms with van der Waals surface area (Å²) < 4.78 is 6.01. The predicted molar refractivity (Wildman–Crippen MR) is 75.3 cm³/mol. The Hall–Kier alpha value is -1.16. The van der Waals surface area contributed by atoms with E-state index in [9.17, 15) is 4.79 Å². The Morgan fingerprint density at radius 2 is 2.05 bits per heavy atom. The highest BCUT2D eigenvalue weighted by atomic mass is 16.5. The van der Waals surface area contributed by atoms with Crippen molar-refractivity contribution in [3.05, 3.63) is 27.9 Å². The van der Waals surface area contributed by atoms with Crippen LogP contribution < -0.4 is 5.56 Å². The highest BCUT2D eigenvalue weighted by Gasteiger charge is 2.37. The molecule has 1 N–H and O–H groups in total. The van der Waals surface area contributed by atoms with Crippen LogP contribution in [0.25, 0.3) is 0 Å². The van der Waals surface area contributed by atoms with Gasteiger partial charge in [0.1, 0.15) is 11.4 Å². The summed E-state index contributed by atoms with van der Waals surface area (Å²) in [6.45, 7) is 6.76. The third kappa shape index (κ3) is 3.06. The highest BCUT2D eigenvalue weighted by Crippen LogP contribution is 2.38. The first kappa shape index (κ1) is 14.3. The van der Waals surface area contributed by atoms with Crippen molar-refractivity contribution in [3.8, 4) is 0 Å². The summed E-state index contributed by atoms with van der Waals surface area (Å²) in [7, 11) is 0. The maximum atomic E-state index is 11.9. The van der Waals surface area contributed by atoms with Gasteiger partial charge in [-0.2, -0.15) is 0 Å². The minimum atomic E-state index is -0.378. The number of ether oxygens (including phenoxy) is 1. The molecule has 0 saturated heterocycles. The number of nitrogens with one attached hydrogen (secondary N) is 1. The molecule has 0 spiro atoms. The van der Waals surface area contributed by atoms with E-state index in [0.717, 1.165) is 37.2 Å². The molecule has 4 nitrogen and oxygen atoms in total. The van der Waals surface area contributed by atoms with Gasteiger partial charge in [0.2, 0.25) is 0 Å². The second kappa shape index (κ2) is 5.87. The predicted octanol–water partition coefficient (Wildman–Crippen LogP) is 3.09. The lowest BCUT2D eigenvalue weighted by Gasteiger charge is -2.36. The van der Waals surface area contributed by atoms with E-state index < -0.39 is 0 Å². The van der Waals surface area contributed by atoms with E-state index in [1.54, 1.807) is 6.07 Å². The van der Waals surface area contributed by atoms with E-state index >= 15 is 0 Å². The van der Waals surface area contributed by atoms with Crippen LogP contribution in [0, 0.1) is 0 Å². The van der Waals surface area contributed by atoms with Gasteiger partial charge in [-0.05, 0) is 25.7 Å². The molecule has 1 aliphatic carbocycles. The van der Waals surface area contributed by atoms with Gasteiger partial charge in [0.05, 0.1) is 5.69 Å². The summed E-state index contributed by atoms with van der Waals surface area (Å²) in [5.74, 6) is 0.980. The van der Waals surface area contributed by atoms with Crippen LogP contribution in [0.15, 0.2) is 10.9 Å². The van der Waals surface area contributed by atoms with E-state index in [2.05, 4.69) is 23.8 Å². The van der Waals surface area contributed by atoms with Gasteiger partial charge in [-0.15, -0.1) is 0 Å². The first-order valence-corrected chi connectivity index (χ1v) is 7.33. The lowest BCUT2D eigenvalue weighted by molar-refractivity contribution is -0.0770. The number of H-pyrrole nitrogens is 1. The topological polar surface area (TPSA) is 55.0 Å². The molecule has 0 amide bonds. The standard InChI is InChI=1S/C15H24N2O2/c1-4-19-15(8-6-5-7-9-15)14-16-12(11(2)3)10-13(18)17-14/h10-11H,4-9H2,1-3H3,(H,16,17,18). The Balaban J connectivity index is 2.43. The van der Waals surface area contributed by atoms with Crippen molar-refractivity contribution in [1.82, 2.24) is 9.97 Å². The Labute approximate surface area is 114 Å². The van der Waals surface area contributed by atoms with Crippen LogP contribution in [0.2, 0.25) is 0 Å². The molecule has 0 aromatic carbocycles. The van der Waals surface area contributed by atoms with E-state index in [4.69, 9.17) is 4.74 Å². The van der Waals surface area contributed by atoms with E-state index in [0.29, 0.717) is 6.61 Å². The van der Waals surface area contributed by atoms with Gasteiger partial charge in [-0.3, -0.25) is 4.79 Å². The first-order chi connectivity index (χ1) is 9.07. The van der Waals surface area contributed by atoms with Crippen LogP contribution in [-0.4, -0.2) is 16.6 Å². The fourth-order valence-electron chi connectivity index (χ4n) is 2.84. The minimum absolute atomic E-state index is 0.0710. The SMILES string of the molecule is CCOC1(c2nc(C(C)C)cc(=O)[nH]2)CCCCC1. The molecular weight excluding hydrogens is 240 g/mol. The summed E-state index contributed by atoms with van der Waals surface area (Å²) in [5, 5.41) is 0. The molecule has 0 unspecified atom stereocenters. The molecule has 1 heterocycles. The molecule has 19 heavy (non-hydrogen) atoms. The van der Waals surface area contributed by atoms with Gasteiger partial charge >= 0.3 is 0 Å². The molecular formula is C15H24N2O2. The third-order valence-corrected chi connectivity index (χ3v) is 3.87. The molecule has 1 aromatic rings. The number of rotatable bonds is 4. The Morgan fingerprint density at radius 1 is 1.37 bits per heavy atom. The Bertz CT molecular complexity index is 468. The molecule has 4 heteroatoms. The number of aromatic nitrogens is 2. The third-order valence-electron chi connectivity index (χ3n) is 3.87. The number of hydrogen-bond donors (Lipinski definition) is 1. The van der Waals surface area contributed by atoms with Crippen molar-refractivity contribution in [1.29, 1.82) is 0 Å². The maximum absolute atomic E-state index is 11.9. The number of hydrogen-bond acceptors (Lipinski definition) is 3. The van der Waals surface area contributed by atoms with Gasteiger partial charge in [0.25, 0.3) is 5.56 Å². The quantitative estimate of drug-likeness (QED) is 0.909. The highest BCUT2D eigenvalue weighted by molar-refractivity contribution is 5.12. The summed E-state index contributed by atoms with van der Waals surface area (Å²) in [6, 6.07) is 1.59. The van der Waals surface area contributed by atoms with Crippen molar-refractivity contribution in [2.75, 3.05) is 6.61 Å². The van der Waals surface area contributed by atoms with Crippen LogP contribution in [0.1, 0.15) is 70.3 Å². The molecule has 0 atom stereocenters. The fourth-order valence-corrected chi connectivity index (χ4v) is 2.84. The second-order valence-corrected chi connectivity index (χ2v) is 5.66. The lowest BCUT2D eigenvalue weighted by Crippen LogP contribution is -2.36. The summed E-state index contributed by atoms with van der Waals surface area (Å²) in [6.07, 6.45) is 5.41. The van der Waals surface area contributed by atoms with Crippen LogP contribution in [0.5, 0.6) is 0 Å². The summed E-state index contributed by atoms with van der Waals surface area (Å²) in [5.41, 5.74) is 0.401. The van der Waals surface area contributed by atoms with Crippen LogP contribution in [-0.2, 0) is 10.3 Å². The van der Waals surface area contributed by atoms with Crippen molar-refractivity contribution in [2.45, 2.75) is 64.4 Å². The van der Waals surface area contributed by atoms with Crippen molar-refractivity contribution < 1.29 is 4.74 Å². The minimum Gasteiger partial charge on any atom is -0.367 e. The average Bonchev–Trinajstić information content (AvgIpc) is 2.39. The van der Waals surface area contributed by atoms with Crippen LogP contribution in [0.4, 0.5) is 0 Å². The van der Waals surface area contributed by atoms with Crippen molar-refractivity contribution in [2.24, 2.45) is 0 Å². The van der Waals surface area contributed by atoms with Gasteiger partial charge < -0.3 is 9.72 Å². The first-order valence-electron chi connectivity index (χ1n) is 7.33. The van der Waals surface area contributed by atoms with Crippen LogP contribution in [0.3, 0.4) is 0 Å². The smallest absolute Gasteiger partial charge is 0.251 e. The molecule has 1 fully saturated rings. The van der Waals surface area contributed by atoms with Gasteiger partial charge in [0.15, 0.2) is 0 Å². The molecule has 1 aliphatic rings. The largest absolute Gasteiger partial charge is 0.367 e. The lowest BCUT2D eigenvalue weighted by atomic mass is 9.83. The van der Waals surface area contributed by atoms with E-state index in [1.165, 1.54) is 6.42 Å². The zero-order chi connectivity index (χ0) is 13.9. The van der Waals surface area contributed by atoms with Crippen LogP contribution >= 0.6 is 0 Å². The van der Waals surface area contributed by atoms with Gasteiger partial charge in [0, 0.05) is 12.7 Å². The Kier molecular flexibility index (Phi) is 4.40. The fraction of sp³-hybridized carbons (Fsp3) is 0.733. The van der Waals surface area contributed by atoms with Gasteiger partial charge in [-0.25, -0.2) is 4.98 Å². The normalized spacial score (nSPS) is 18.7. The van der Waals surface area contributed by atoms with Gasteiger partial charge in [-0.1, -0.05) is 33.1 Å². The molecule has 106 valence electrons. The monoisotopic (exact) mass is 264 g/mol. The molecule has 1 aromatic heterocycles. The summed E-state index contributed by atoms with van der Waals surface area (Å²) in [4.78, 5) is 19.4. The zero-order valence-electron chi connectivity index (χ0n) is 12.2. The number of aromatic amines is 1. The van der Waals surface area contributed by atoms with Crippen molar-refractivity contribution >= 4 is 0 Å². The molecule has 0 radical (unpaired) electrons. The average molecular weight is 264 g/mol. The van der Waals surface area contributed by atoms with E-state index in [-0.39, 0.29) is 17.1 Å². The molecule has 0 bridgehead atoms. The van der Waals surface area contributed by atoms with Crippen molar-refractivity contribution in [3.63, 3.8) is 0 Å². The molecule has 0 aliphatic heterocycles. The molecule has 2 rings (SSSR count). The maximum Gasteiger partial charge on any atom is 0.251 e. The van der Waals surface area contributed by atoms with E-state index in [1.807, 2.05) is 6.92 Å².